The van der Waals surface area contributed by atoms with Gasteiger partial charge in [-0.1, -0.05) is 201 Å². The molecule has 1 aliphatic rings. The number of unbranched alkanes of at least 4 members (excludes halogenated alkanes) is 23. The summed E-state index contributed by atoms with van der Waals surface area (Å²) in [5.41, 5.74) is 26.2. The minimum absolute atomic E-state index is 1.03. The second-order valence-corrected chi connectivity index (χ2v) is 21.2. The Morgan fingerprint density at radius 2 is 0.562 bits per heavy atom. The summed E-state index contributed by atoms with van der Waals surface area (Å²) >= 11 is 1.82. The van der Waals surface area contributed by atoms with E-state index in [2.05, 4.69) is 91.8 Å². The van der Waals surface area contributed by atoms with Gasteiger partial charge in [0.1, 0.15) is 0 Å². The fraction of sp³-hybridized carbons (Fsp3) is 0.738. The first-order valence-electron chi connectivity index (χ1n) is 28.1. The van der Waals surface area contributed by atoms with E-state index in [1.807, 2.05) is 14.4 Å². The summed E-state index contributed by atoms with van der Waals surface area (Å²) < 4.78 is 1.71. The van der Waals surface area contributed by atoms with E-state index in [4.69, 9.17) is 0 Å². The van der Waals surface area contributed by atoms with Crippen molar-refractivity contribution in [1.82, 2.24) is 0 Å². The Hall–Kier alpha value is -1.99. The van der Waals surface area contributed by atoms with Crippen LogP contribution in [0.2, 0.25) is 10.8 Å². The molecule has 0 amide bonds. The van der Waals surface area contributed by atoms with Crippen molar-refractivity contribution >= 4 is 11.4 Å². The van der Waals surface area contributed by atoms with Gasteiger partial charge in [0.25, 0.3) is 0 Å². The number of hydrogen-bond donors (Lipinski definition) is 0. The van der Waals surface area contributed by atoms with Crippen molar-refractivity contribution in [2.45, 2.75) is 291 Å². The summed E-state index contributed by atoms with van der Waals surface area (Å²) in [5.74, 6) is 0. The van der Waals surface area contributed by atoms with Gasteiger partial charge in [-0.2, -0.15) is 0 Å². The molecular formula is C61H104N2Ni. The molecular weight excluding hydrogens is 819 g/mol. The summed E-state index contributed by atoms with van der Waals surface area (Å²) in [4.78, 5) is 0. The zero-order chi connectivity index (χ0) is 46.5. The van der Waals surface area contributed by atoms with Crippen molar-refractivity contribution in [3.05, 3.63) is 86.5 Å². The zero-order valence-corrected chi connectivity index (χ0v) is 44.8. The van der Waals surface area contributed by atoms with Crippen LogP contribution in [0.3, 0.4) is 0 Å². The molecule has 0 unspecified atom stereocenters. The molecule has 0 radical (unpaired) electrons. The first-order chi connectivity index (χ1) is 31.4. The van der Waals surface area contributed by atoms with Crippen LogP contribution in [0.1, 0.15) is 288 Å². The van der Waals surface area contributed by atoms with Crippen LogP contribution in [0.15, 0.2) is 47.5 Å². The number of aryl methyl sites for hydroxylation is 4. The Kier molecular flexibility index (Phi) is 35.5. The summed E-state index contributed by atoms with van der Waals surface area (Å²) in [7, 11) is 0. The van der Waals surface area contributed by atoms with Gasteiger partial charge in [-0.25, -0.2) is 4.70 Å². The molecule has 0 bridgehead atoms. The monoisotopic (exact) mass is 923 g/mol. The van der Waals surface area contributed by atoms with Gasteiger partial charge in [0.2, 0.25) is 11.4 Å². The van der Waals surface area contributed by atoms with Gasteiger partial charge in [0.05, 0.1) is 0 Å². The van der Waals surface area contributed by atoms with Crippen molar-refractivity contribution in [3.63, 3.8) is 0 Å². The van der Waals surface area contributed by atoms with E-state index in [1.54, 1.807) is 4.70 Å². The average Bonchev–Trinajstić information content (AvgIpc) is 3.58. The predicted octanol–water partition coefficient (Wildman–Crippen LogP) is 21.2. The summed E-state index contributed by atoms with van der Waals surface area (Å²) in [6.07, 6.45) is 44.4. The third-order valence-corrected chi connectivity index (χ3v) is 14.4. The van der Waals surface area contributed by atoms with Gasteiger partial charge in [0.15, 0.2) is 0 Å². The third kappa shape index (κ3) is 24.2. The maximum atomic E-state index is 12.8. The Bertz CT molecular complexity index is 1480. The molecule has 2 aromatic rings. The Balaban J connectivity index is 0.00000266. The molecule has 1 aliphatic heterocycles. The number of allylic oxidation sites excluding steroid dienone is 2. The first-order valence-corrected chi connectivity index (χ1v) is 29.5. The quantitative estimate of drug-likeness (QED) is 0.0363. The van der Waals surface area contributed by atoms with Gasteiger partial charge < -0.3 is 5.53 Å². The molecule has 368 valence electrons. The summed E-state index contributed by atoms with van der Waals surface area (Å²) in [6, 6.07) is 15.0. The minimum atomic E-state index is 1.03. The van der Waals surface area contributed by atoms with Crippen LogP contribution < -0.4 is 0 Å². The molecule has 2 aromatic carbocycles. The van der Waals surface area contributed by atoms with Crippen LogP contribution in [0.25, 0.3) is 16.9 Å². The van der Waals surface area contributed by atoms with Gasteiger partial charge in [0, 0.05) is 22.3 Å². The molecule has 0 aromatic heterocycles. The molecule has 0 aliphatic carbocycles. The molecule has 0 atom stereocenters. The topological polar surface area (TPSA) is 25.3 Å². The standard InChI is InChI=1S/C57H94N2.2C2H5.Ni/c1-7-13-19-23-27-32-36-48-42-49(37-33-28-24-20-14-8-2)45-52(44-48)56-54(40-18-12-6)55(41-31-17-11-5)57(59(56)58)53-46-50(38-34-29-25-21-15-9-3)43-51(47-53)39-35-30-26-22-16-10-4;2*1-2;/h42-47H,7-41H2,1-6H3;2*1H2,2H3;. The molecule has 0 spiro atoms. The Morgan fingerprint density at radius 3 is 0.844 bits per heavy atom. The fourth-order valence-corrected chi connectivity index (χ4v) is 10.2. The SMILES string of the molecule is CCCCCCCCc1cc(CCCCCCCC)cc(C2=C(CCCC)C(CCCCC)=C(c3cc(CCCCCCCC)cc(CCCCCCCC)c3)[N+]2=[N-])c1.C[CH2][Ni][CH2]C. The summed E-state index contributed by atoms with van der Waals surface area (Å²) in [6.45, 7) is 18.3. The van der Waals surface area contributed by atoms with E-state index in [-0.39, 0.29) is 0 Å². The molecule has 1 heterocycles. The predicted molar refractivity (Wildman–Crippen MR) is 283 cm³/mol. The van der Waals surface area contributed by atoms with Crippen molar-refractivity contribution < 1.29 is 19.1 Å². The van der Waals surface area contributed by atoms with Crippen LogP contribution >= 0.6 is 0 Å². The second kappa shape index (κ2) is 39.1. The van der Waals surface area contributed by atoms with Crippen LogP contribution in [0, 0.1) is 0 Å². The van der Waals surface area contributed by atoms with Crippen LogP contribution in [0.4, 0.5) is 0 Å². The Labute approximate surface area is 405 Å². The van der Waals surface area contributed by atoms with Crippen molar-refractivity contribution in [2.24, 2.45) is 0 Å². The fourth-order valence-electron chi connectivity index (χ4n) is 9.66. The number of benzene rings is 2. The first kappa shape index (κ1) is 58.1. The molecule has 3 heteroatoms. The van der Waals surface area contributed by atoms with E-state index < -0.39 is 0 Å². The van der Waals surface area contributed by atoms with Crippen LogP contribution in [0.5, 0.6) is 0 Å². The molecule has 0 N–H and O–H groups in total. The molecule has 0 saturated carbocycles. The average molecular weight is 924 g/mol. The zero-order valence-electron chi connectivity index (χ0n) is 43.8. The third-order valence-electron chi connectivity index (χ3n) is 13.4. The van der Waals surface area contributed by atoms with Crippen LogP contribution in [-0.4, -0.2) is 4.70 Å². The van der Waals surface area contributed by atoms with Crippen molar-refractivity contribution in [3.8, 4) is 0 Å². The Morgan fingerprint density at radius 1 is 0.312 bits per heavy atom. The normalized spacial score (nSPS) is 12.8. The maximum absolute atomic E-state index is 12.8. The summed E-state index contributed by atoms with van der Waals surface area (Å²) in [5, 5.41) is 2.56. The number of hydrogen-bond acceptors (Lipinski definition) is 0. The molecule has 2 nitrogen and oxygen atoms in total. The van der Waals surface area contributed by atoms with Crippen LogP contribution in [-0.2, 0) is 40.1 Å². The van der Waals surface area contributed by atoms with Crippen molar-refractivity contribution in [2.75, 3.05) is 0 Å². The second-order valence-electron chi connectivity index (χ2n) is 19.3. The van der Waals surface area contributed by atoms with E-state index >= 15 is 0 Å². The molecule has 0 saturated heterocycles. The van der Waals surface area contributed by atoms with Gasteiger partial charge >= 0.3 is 39.1 Å². The van der Waals surface area contributed by atoms with Gasteiger partial charge in [-0.05, 0) is 124 Å². The molecule has 3 rings (SSSR count). The van der Waals surface area contributed by atoms with Gasteiger partial charge in [-0.3, -0.25) is 0 Å². The molecule has 64 heavy (non-hydrogen) atoms. The van der Waals surface area contributed by atoms with E-state index in [0.29, 0.717) is 0 Å². The number of nitrogens with zero attached hydrogens (tertiary/aromatic N) is 2. The van der Waals surface area contributed by atoms with E-state index in [9.17, 15) is 5.53 Å². The molecule has 0 fully saturated rings. The van der Waals surface area contributed by atoms with E-state index in [0.717, 1.165) is 62.8 Å². The van der Waals surface area contributed by atoms with Crippen molar-refractivity contribution in [1.29, 1.82) is 0 Å². The number of rotatable bonds is 39. The van der Waals surface area contributed by atoms with Gasteiger partial charge in [-0.15, -0.1) is 0 Å². The van der Waals surface area contributed by atoms with E-state index in [1.165, 1.54) is 229 Å².